The summed E-state index contributed by atoms with van der Waals surface area (Å²) in [6.07, 6.45) is 1.52. The molecule has 3 rings (SSSR count). The normalized spacial score (nSPS) is 16.7. The number of carbonyl (C=O) groups excluding carboxylic acids is 2. The van der Waals surface area contributed by atoms with Crippen molar-refractivity contribution in [1.29, 1.82) is 0 Å². The second-order valence-electron chi connectivity index (χ2n) is 4.10. The van der Waals surface area contributed by atoms with Crippen molar-refractivity contribution >= 4 is 29.0 Å². The van der Waals surface area contributed by atoms with E-state index in [4.69, 9.17) is 4.42 Å². The van der Waals surface area contributed by atoms with Crippen molar-refractivity contribution in [3.63, 3.8) is 0 Å². The molecule has 0 unspecified atom stereocenters. The fourth-order valence-electron chi connectivity index (χ4n) is 1.76. The van der Waals surface area contributed by atoms with Crippen molar-refractivity contribution in [1.82, 2.24) is 5.32 Å². The largest absolute Gasteiger partial charge is 0.508 e. The first kappa shape index (κ1) is 12.6. The number of phenolic OH excluding ortho intramolecular Hbond substituents is 1. The maximum Gasteiger partial charge on any atom is 0.290 e. The van der Waals surface area contributed by atoms with E-state index in [0.717, 1.165) is 17.3 Å². The van der Waals surface area contributed by atoms with Gasteiger partial charge in [-0.2, -0.15) is 0 Å². The molecule has 1 aromatic heterocycles. The monoisotopic (exact) mass is 287 g/mol. The summed E-state index contributed by atoms with van der Waals surface area (Å²) in [6.45, 7) is 0. The van der Waals surface area contributed by atoms with Crippen molar-refractivity contribution in [3.05, 3.63) is 47.1 Å². The van der Waals surface area contributed by atoms with Crippen LogP contribution in [0.4, 0.5) is 4.79 Å². The Bertz CT molecular complexity index is 715. The Morgan fingerprint density at radius 3 is 2.50 bits per heavy atom. The number of thioether (sulfide) groups is 1. The molecule has 0 bridgehead atoms. The Morgan fingerprint density at radius 1 is 1.10 bits per heavy atom. The topological polar surface area (TPSA) is 79.5 Å². The summed E-state index contributed by atoms with van der Waals surface area (Å²) >= 11 is 0.844. The Hall–Kier alpha value is -2.47. The second-order valence-corrected chi connectivity index (χ2v) is 5.12. The summed E-state index contributed by atoms with van der Waals surface area (Å²) in [4.78, 5) is 22.8. The van der Waals surface area contributed by atoms with Gasteiger partial charge in [0, 0.05) is 11.6 Å². The van der Waals surface area contributed by atoms with Gasteiger partial charge in [-0.1, -0.05) is 0 Å². The van der Waals surface area contributed by atoms with Crippen molar-refractivity contribution in [2.75, 3.05) is 0 Å². The zero-order valence-corrected chi connectivity index (χ0v) is 10.9. The molecule has 6 heteroatoms. The zero-order chi connectivity index (χ0) is 14.1. The molecule has 1 saturated heterocycles. The molecule has 0 radical (unpaired) electrons. The fraction of sp³-hybridized carbons (Fsp3) is 0. The van der Waals surface area contributed by atoms with E-state index in [1.807, 2.05) is 0 Å². The average molecular weight is 287 g/mol. The predicted octanol–water partition coefficient (Wildman–Crippen LogP) is 2.98. The summed E-state index contributed by atoms with van der Waals surface area (Å²) in [7, 11) is 0. The third-order valence-corrected chi connectivity index (χ3v) is 3.50. The van der Waals surface area contributed by atoms with Crippen LogP contribution in [0.15, 0.2) is 45.7 Å². The van der Waals surface area contributed by atoms with E-state index in [-0.39, 0.29) is 11.0 Å². The maximum atomic E-state index is 11.4. The van der Waals surface area contributed by atoms with Gasteiger partial charge in [-0.05, 0) is 48.2 Å². The number of hydrogen-bond donors (Lipinski definition) is 2. The number of aromatic hydroxyl groups is 1. The second kappa shape index (κ2) is 4.90. The first-order chi connectivity index (χ1) is 9.61. The van der Waals surface area contributed by atoms with E-state index < -0.39 is 5.91 Å². The van der Waals surface area contributed by atoms with Crippen molar-refractivity contribution in [2.45, 2.75) is 0 Å². The van der Waals surface area contributed by atoms with E-state index >= 15 is 0 Å². The van der Waals surface area contributed by atoms with Crippen LogP contribution >= 0.6 is 11.8 Å². The van der Waals surface area contributed by atoms with Crippen LogP contribution in [0.2, 0.25) is 0 Å². The molecule has 1 fully saturated rings. The quantitative estimate of drug-likeness (QED) is 0.830. The molecular weight excluding hydrogens is 278 g/mol. The number of nitrogens with one attached hydrogen (secondary N) is 1. The van der Waals surface area contributed by atoms with Crippen LogP contribution in [-0.2, 0) is 4.79 Å². The number of amides is 2. The predicted molar refractivity (Wildman–Crippen MR) is 74.9 cm³/mol. The lowest BCUT2D eigenvalue weighted by Crippen LogP contribution is -2.17. The van der Waals surface area contributed by atoms with Gasteiger partial charge in [0.1, 0.15) is 17.3 Å². The molecule has 0 aliphatic carbocycles. The molecule has 0 saturated carbocycles. The van der Waals surface area contributed by atoms with Crippen molar-refractivity contribution in [2.24, 2.45) is 0 Å². The molecular formula is C14H9NO4S. The average Bonchev–Trinajstić information content (AvgIpc) is 2.98. The van der Waals surface area contributed by atoms with Crippen LogP contribution in [-0.4, -0.2) is 16.3 Å². The van der Waals surface area contributed by atoms with E-state index in [0.29, 0.717) is 16.4 Å². The SMILES string of the molecule is O=C1NC(=O)/C(=C\c2ccc(-c3ccc(O)cc3)o2)S1. The van der Waals surface area contributed by atoms with Gasteiger partial charge in [0.15, 0.2) is 0 Å². The van der Waals surface area contributed by atoms with E-state index in [1.54, 1.807) is 36.4 Å². The lowest BCUT2D eigenvalue weighted by molar-refractivity contribution is -0.115. The van der Waals surface area contributed by atoms with Gasteiger partial charge in [0.05, 0.1) is 4.91 Å². The number of benzene rings is 1. The molecule has 0 spiro atoms. The minimum atomic E-state index is -0.414. The van der Waals surface area contributed by atoms with E-state index in [1.165, 1.54) is 6.08 Å². The smallest absolute Gasteiger partial charge is 0.290 e. The van der Waals surface area contributed by atoms with Crippen LogP contribution in [0, 0.1) is 0 Å². The summed E-state index contributed by atoms with van der Waals surface area (Å²) in [5.74, 6) is 0.870. The summed E-state index contributed by atoms with van der Waals surface area (Å²) in [5.41, 5.74) is 0.812. The van der Waals surface area contributed by atoms with Gasteiger partial charge in [0.2, 0.25) is 0 Å². The van der Waals surface area contributed by atoms with Gasteiger partial charge in [-0.25, -0.2) is 0 Å². The lowest BCUT2D eigenvalue weighted by Gasteiger charge is -1.96. The minimum absolute atomic E-state index is 0.181. The third kappa shape index (κ3) is 2.46. The minimum Gasteiger partial charge on any atom is -0.508 e. The highest BCUT2D eigenvalue weighted by molar-refractivity contribution is 8.18. The van der Waals surface area contributed by atoms with Crippen LogP contribution < -0.4 is 5.32 Å². The van der Waals surface area contributed by atoms with Gasteiger partial charge in [0.25, 0.3) is 11.1 Å². The number of carbonyl (C=O) groups is 2. The third-order valence-electron chi connectivity index (χ3n) is 2.69. The molecule has 1 aliphatic heterocycles. The summed E-state index contributed by atoms with van der Waals surface area (Å²) < 4.78 is 5.59. The standard InChI is InChI=1S/C14H9NO4S/c16-9-3-1-8(2-4-9)11-6-5-10(19-11)7-12-13(17)15-14(18)20-12/h1-7,16H,(H,15,17,18)/b12-7+. The summed E-state index contributed by atoms with van der Waals surface area (Å²) in [5, 5.41) is 11.0. The van der Waals surface area contributed by atoms with Gasteiger partial charge >= 0.3 is 0 Å². The number of furan rings is 1. The first-order valence-corrected chi connectivity index (χ1v) is 6.57. The van der Waals surface area contributed by atoms with Crippen molar-refractivity contribution in [3.8, 4) is 17.1 Å². The van der Waals surface area contributed by atoms with Gasteiger partial charge in [-0.3, -0.25) is 14.9 Å². The molecule has 1 aliphatic rings. The van der Waals surface area contributed by atoms with Gasteiger partial charge < -0.3 is 9.52 Å². The molecule has 2 amide bonds. The number of phenols is 1. The number of imide groups is 1. The lowest BCUT2D eigenvalue weighted by atomic mass is 10.2. The fourth-order valence-corrected chi connectivity index (χ4v) is 2.42. The Labute approximate surface area is 118 Å². The van der Waals surface area contributed by atoms with E-state index in [2.05, 4.69) is 5.32 Å². The summed E-state index contributed by atoms with van der Waals surface area (Å²) in [6, 6.07) is 10.1. The van der Waals surface area contributed by atoms with E-state index in [9.17, 15) is 14.7 Å². The molecule has 5 nitrogen and oxygen atoms in total. The molecule has 1 aromatic carbocycles. The highest BCUT2D eigenvalue weighted by atomic mass is 32.2. The molecule has 2 aromatic rings. The molecule has 100 valence electrons. The Balaban J connectivity index is 1.87. The highest BCUT2D eigenvalue weighted by Gasteiger charge is 2.25. The van der Waals surface area contributed by atoms with Crippen LogP contribution in [0.25, 0.3) is 17.4 Å². The zero-order valence-electron chi connectivity index (χ0n) is 10.1. The Kier molecular flexibility index (Phi) is 3.08. The molecule has 0 atom stereocenters. The number of hydrogen-bond acceptors (Lipinski definition) is 5. The first-order valence-electron chi connectivity index (χ1n) is 5.76. The van der Waals surface area contributed by atoms with Gasteiger partial charge in [-0.15, -0.1) is 0 Å². The maximum absolute atomic E-state index is 11.4. The molecule has 20 heavy (non-hydrogen) atoms. The molecule has 2 N–H and O–H groups in total. The molecule has 2 heterocycles. The highest BCUT2D eigenvalue weighted by Crippen LogP contribution is 2.29. The number of rotatable bonds is 2. The Morgan fingerprint density at radius 2 is 1.85 bits per heavy atom. The van der Waals surface area contributed by atoms with Crippen LogP contribution in [0.3, 0.4) is 0 Å². The van der Waals surface area contributed by atoms with Crippen LogP contribution in [0.5, 0.6) is 5.75 Å². The van der Waals surface area contributed by atoms with Crippen molar-refractivity contribution < 1.29 is 19.1 Å². The van der Waals surface area contributed by atoms with Crippen LogP contribution in [0.1, 0.15) is 5.76 Å².